The zero-order chi connectivity index (χ0) is 13.3. The van der Waals surface area contributed by atoms with Gasteiger partial charge in [0.25, 0.3) is 5.69 Å². The van der Waals surface area contributed by atoms with E-state index in [2.05, 4.69) is 4.98 Å². The van der Waals surface area contributed by atoms with Gasteiger partial charge in [-0.25, -0.2) is 14.2 Å². The minimum absolute atomic E-state index is 0.199. The molecule has 0 fully saturated rings. The van der Waals surface area contributed by atoms with Gasteiger partial charge >= 0.3 is 5.97 Å². The van der Waals surface area contributed by atoms with Crippen LogP contribution in [0.1, 0.15) is 10.5 Å². The molecule has 0 bridgehead atoms. The smallest absolute Gasteiger partial charge is 0.358 e. The van der Waals surface area contributed by atoms with Crippen molar-refractivity contribution < 1.29 is 23.6 Å². The van der Waals surface area contributed by atoms with E-state index in [1.54, 1.807) is 0 Å². The van der Waals surface area contributed by atoms with Gasteiger partial charge in [-0.2, -0.15) is 0 Å². The first kappa shape index (κ1) is 11.7. The summed E-state index contributed by atoms with van der Waals surface area (Å²) in [6, 6.07) is 2.80. The summed E-state index contributed by atoms with van der Waals surface area (Å²) in [5.74, 6) is -2.62. The number of benzene rings is 1. The van der Waals surface area contributed by atoms with E-state index in [4.69, 9.17) is 9.52 Å². The van der Waals surface area contributed by atoms with Crippen molar-refractivity contribution in [1.29, 1.82) is 0 Å². The van der Waals surface area contributed by atoms with Gasteiger partial charge in [0.1, 0.15) is 5.82 Å². The number of carbonyl (C=O) groups is 1. The topological polar surface area (TPSA) is 106 Å². The summed E-state index contributed by atoms with van der Waals surface area (Å²) < 4.78 is 18.4. The van der Waals surface area contributed by atoms with E-state index in [0.717, 1.165) is 18.5 Å². The zero-order valence-electron chi connectivity index (χ0n) is 8.66. The van der Waals surface area contributed by atoms with Gasteiger partial charge in [0, 0.05) is 6.07 Å². The van der Waals surface area contributed by atoms with Crippen LogP contribution >= 0.6 is 0 Å². The fraction of sp³-hybridized carbons (Fsp3) is 0. The number of aromatic nitrogens is 1. The Morgan fingerprint density at radius 2 is 2.22 bits per heavy atom. The highest BCUT2D eigenvalue weighted by Gasteiger charge is 2.21. The van der Waals surface area contributed by atoms with Gasteiger partial charge in [-0.15, -0.1) is 0 Å². The summed E-state index contributed by atoms with van der Waals surface area (Å²) in [4.78, 5) is 23.9. The maximum Gasteiger partial charge on any atom is 0.358 e. The molecule has 0 atom stereocenters. The van der Waals surface area contributed by atoms with Crippen molar-refractivity contribution in [2.24, 2.45) is 0 Å². The van der Waals surface area contributed by atoms with Gasteiger partial charge in [0.05, 0.1) is 16.6 Å². The SMILES string of the molecule is O=C(O)c1ncoc1-c1ccc([N+](=O)[O-])cc1F. The van der Waals surface area contributed by atoms with Crippen LogP contribution in [0.4, 0.5) is 10.1 Å². The number of nitro benzene ring substituents is 1. The van der Waals surface area contributed by atoms with Crippen LogP contribution in [0.15, 0.2) is 29.0 Å². The maximum atomic E-state index is 13.6. The normalized spacial score (nSPS) is 10.3. The van der Waals surface area contributed by atoms with Crippen LogP contribution in [0, 0.1) is 15.9 Å². The van der Waals surface area contributed by atoms with Gasteiger partial charge in [0.2, 0.25) is 0 Å². The standard InChI is InChI=1S/C10H5FN2O5/c11-7-3-5(13(16)17)1-2-6(7)9-8(10(14)15)12-4-18-9/h1-4H,(H,14,15). The number of hydrogen-bond donors (Lipinski definition) is 1. The molecule has 92 valence electrons. The number of rotatable bonds is 3. The van der Waals surface area contributed by atoms with Crippen molar-refractivity contribution in [1.82, 2.24) is 4.98 Å². The molecule has 7 nitrogen and oxygen atoms in total. The van der Waals surface area contributed by atoms with Crippen molar-refractivity contribution in [3.63, 3.8) is 0 Å². The highest BCUT2D eigenvalue weighted by Crippen LogP contribution is 2.28. The molecule has 0 aliphatic heterocycles. The number of hydrogen-bond acceptors (Lipinski definition) is 5. The van der Waals surface area contributed by atoms with Crippen LogP contribution in [0.25, 0.3) is 11.3 Å². The lowest BCUT2D eigenvalue weighted by molar-refractivity contribution is -0.385. The molecule has 18 heavy (non-hydrogen) atoms. The molecule has 0 spiro atoms. The Balaban J connectivity index is 2.55. The highest BCUT2D eigenvalue weighted by atomic mass is 19.1. The highest BCUT2D eigenvalue weighted by molar-refractivity contribution is 5.92. The Morgan fingerprint density at radius 1 is 1.50 bits per heavy atom. The summed E-state index contributed by atoms with van der Waals surface area (Å²) in [6.07, 6.45) is 0.861. The molecule has 1 aromatic carbocycles. The second-order valence-electron chi connectivity index (χ2n) is 3.26. The van der Waals surface area contributed by atoms with Gasteiger partial charge in [-0.3, -0.25) is 10.1 Å². The minimum atomic E-state index is -1.38. The van der Waals surface area contributed by atoms with E-state index in [0.29, 0.717) is 6.07 Å². The lowest BCUT2D eigenvalue weighted by atomic mass is 10.1. The largest absolute Gasteiger partial charge is 0.476 e. The Labute approximate surface area is 98.6 Å². The molecular formula is C10H5FN2O5. The van der Waals surface area contributed by atoms with E-state index >= 15 is 0 Å². The van der Waals surface area contributed by atoms with E-state index in [-0.39, 0.29) is 11.3 Å². The third-order valence-electron chi connectivity index (χ3n) is 2.18. The number of non-ortho nitro benzene ring substituents is 1. The minimum Gasteiger partial charge on any atom is -0.476 e. The van der Waals surface area contributed by atoms with Gasteiger partial charge in [-0.05, 0) is 6.07 Å². The molecule has 0 unspecified atom stereocenters. The van der Waals surface area contributed by atoms with Crippen molar-refractivity contribution in [2.45, 2.75) is 0 Å². The molecule has 1 aromatic heterocycles. The molecule has 0 radical (unpaired) electrons. The zero-order valence-corrected chi connectivity index (χ0v) is 8.66. The predicted octanol–water partition coefficient (Wildman–Crippen LogP) is 2.09. The molecule has 8 heteroatoms. The van der Waals surface area contributed by atoms with Crippen LogP contribution in [-0.2, 0) is 0 Å². The summed E-state index contributed by atoms with van der Waals surface area (Å²) in [5.41, 5.74) is -1.09. The molecular weight excluding hydrogens is 247 g/mol. The third kappa shape index (κ3) is 1.90. The number of oxazole rings is 1. The molecule has 1 N–H and O–H groups in total. The molecule has 0 saturated carbocycles. The lowest BCUT2D eigenvalue weighted by Crippen LogP contribution is -1.99. The molecule has 0 amide bonds. The summed E-state index contributed by atoms with van der Waals surface area (Å²) in [6.45, 7) is 0. The molecule has 1 heterocycles. The van der Waals surface area contributed by atoms with E-state index in [1.165, 1.54) is 0 Å². The van der Waals surface area contributed by atoms with Crippen molar-refractivity contribution >= 4 is 11.7 Å². The molecule has 0 aliphatic carbocycles. The quantitative estimate of drug-likeness (QED) is 0.662. The summed E-state index contributed by atoms with van der Waals surface area (Å²) in [7, 11) is 0. The van der Waals surface area contributed by atoms with Crippen LogP contribution < -0.4 is 0 Å². The Bertz CT molecular complexity index is 637. The van der Waals surface area contributed by atoms with Crippen LogP contribution in [0.3, 0.4) is 0 Å². The molecule has 0 aliphatic rings. The lowest BCUT2D eigenvalue weighted by Gasteiger charge is -2.00. The van der Waals surface area contributed by atoms with Crippen LogP contribution in [0.2, 0.25) is 0 Å². The fourth-order valence-corrected chi connectivity index (χ4v) is 1.39. The maximum absolute atomic E-state index is 13.6. The number of halogens is 1. The number of carboxylic acid groups (broad SMARTS) is 1. The number of carboxylic acids is 1. The second kappa shape index (κ2) is 4.24. The molecule has 2 aromatic rings. The average Bonchev–Trinajstić information content (AvgIpc) is 2.77. The first-order chi connectivity index (χ1) is 8.50. The first-order valence-electron chi connectivity index (χ1n) is 4.62. The van der Waals surface area contributed by atoms with Gasteiger partial charge in [0.15, 0.2) is 17.8 Å². The average molecular weight is 252 g/mol. The van der Waals surface area contributed by atoms with Crippen molar-refractivity contribution in [3.05, 3.63) is 46.2 Å². The fourth-order valence-electron chi connectivity index (χ4n) is 1.39. The van der Waals surface area contributed by atoms with Crippen molar-refractivity contribution in [3.8, 4) is 11.3 Å². The predicted molar refractivity (Wildman–Crippen MR) is 55.5 cm³/mol. The van der Waals surface area contributed by atoms with Gasteiger partial charge in [-0.1, -0.05) is 0 Å². The number of aromatic carboxylic acids is 1. The molecule has 2 rings (SSSR count). The second-order valence-corrected chi connectivity index (χ2v) is 3.26. The van der Waals surface area contributed by atoms with E-state index in [9.17, 15) is 19.3 Å². The monoisotopic (exact) mass is 252 g/mol. The van der Waals surface area contributed by atoms with Crippen LogP contribution in [-0.4, -0.2) is 21.0 Å². The Kier molecular flexibility index (Phi) is 2.76. The Morgan fingerprint density at radius 3 is 2.78 bits per heavy atom. The molecule has 0 saturated heterocycles. The van der Waals surface area contributed by atoms with E-state index < -0.39 is 28.1 Å². The van der Waals surface area contributed by atoms with Gasteiger partial charge < -0.3 is 9.52 Å². The summed E-state index contributed by atoms with van der Waals surface area (Å²) >= 11 is 0. The third-order valence-corrected chi connectivity index (χ3v) is 2.18. The van der Waals surface area contributed by atoms with E-state index in [1.807, 2.05) is 0 Å². The van der Waals surface area contributed by atoms with Crippen LogP contribution in [0.5, 0.6) is 0 Å². The Hall–Kier alpha value is -2.77. The van der Waals surface area contributed by atoms with Crippen molar-refractivity contribution in [2.75, 3.05) is 0 Å². The first-order valence-corrected chi connectivity index (χ1v) is 4.62. The summed E-state index contributed by atoms with van der Waals surface area (Å²) in [5, 5.41) is 19.2. The number of nitrogens with zero attached hydrogens (tertiary/aromatic N) is 2. The number of nitro groups is 1.